The van der Waals surface area contributed by atoms with E-state index in [1.165, 1.54) is 44.9 Å². The summed E-state index contributed by atoms with van der Waals surface area (Å²) >= 11 is 0. The summed E-state index contributed by atoms with van der Waals surface area (Å²) in [6, 6.07) is 0. The average molecular weight is 228 g/mol. The van der Waals surface area contributed by atoms with Crippen molar-refractivity contribution in [2.45, 2.75) is 77.8 Å². The van der Waals surface area contributed by atoms with Crippen LogP contribution in [-0.4, -0.2) is 5.16 Å². The van der Waals surface area contributed by atoms with Crippen LogP contribution in [0.4, 0.5) is 0 Å². The predicted molar refractivity (Wildman–Crippen MR) is 73.4 cm³/mol. The van der Waals surface area contributed by atoms with E-state index in [9.17, 15) is 0 Å². The molecular formula is C14H29P. The summed E-state index contributed by atoms with van der Waals surface area (Å²) in [5.74, 6) is 0.985. The van der Waals surface area contributed by atoms with Gasteiger partial charge in [-0.05, 0) is 42.2 Å². The Kier molecular flexibility index (Phi) is 4.65. The monoisotopic (exact) mass is 228 g/mol. The Morgan fingerprint density at radius 3 is 2.47 bits per heavy atom. The van der Waals surface area contributed by atoms with Crippen molar-refractivity contribution in [2.24, 2.45) is 11.3 Å². The molecule has 1 aliphatic carbocycles. The summed E-state index contributed by atoms with van der Waals surface area (Å²) in [4.78, 5) is 0. The van der Waals surface area contributed by atoms with Gasteiger partial charge >= 0.3 is 0 Å². The van der Waals surface area contributed by atoms with Crippen molar-refractivity contribution in [1.82, 2.24) is 0 Å². The zero-order chi connectivity index (χ0) is 11.5. The molecule has 0 spiro atoms. The van der Waals surface area contributed by atoms with E-state index in [-0.39, 0.29) is 0 Å². The zero-order valence-corrected chi connectivity index (χ0v) is 12.3. The molecule has 1 rings (SSSR count). The van der Waals surface area contributed by atoms with Crippen LogP contribution < -0.4 is 0 Å². The van der Waals surface area contributed by atoms with Crippen LogP contribution in [0.1, 0.15) is 72.6 Å². The quantitative estimate of drug-likeness (QED) is 0.592. The molecule has 1 saturated carbocycles. The highest BCUT2D eigenvalue weighted by Crippen LogP contribution is 2.43. The zero-order valence-electron chi connectivity index (χ0n) is 11.1. The molecule has 0 aliphatic heterocycles. The van der Waals surface area contributed by atoms with Crippen molar-refractivity contribution in [3.8, 4) is 0 Å². The summed E-state index contributed by atoms with van der Waals surface area (Å²) in [5, 5.41) is 0.443. The van der Waals surface area contributed by atoms with Gasteiger partial charge in [0.05, 0.1) is 0 Å². The van der Waals surface area contributed by atoms with Gasteiger partial charge in [-0.1, -0.05) is 47.0 Å². The van der Waals surface area contributed by atoms with Crippen LogP contribution in [0.5, 0.6) is 0 Å². The van der Waals surface area contributed by atoms with Gasteiger partial charge in [-0.2, -0.15) is 0 Å². The minimum Gasteiger partial charge on any atom is -0.132 e. The van der Waals surface area contributed by atoms with E-state index in [0.29, 0.717) is 10.6 Å². The van der Waals surface area contributed by atoms with Crippen molar-refractivity contribution >= 4 is 9.24 Å². The maximum absolute atomic E-state index is 2.97. The van der Waals surface area contributed by atoms with Crippen molar-refractivity contribution in [3.05, 3.63) is 0 Å². The maximum Gasteiger partial charge on any atom is -0.0207 e. The summed E-state index contributed by atoms with van der Waals surface area (Å²) in [5.41, 5.74) is 0.614. The van der Waals surface area contributed by atoms with Crippen molar-refractivity contribution < 1.29 is 0 Å². The first kappa shape index (κ1) is 13.5. The van der Waals surface area contributed by atoms with Crippen LogP contribution in [0.15, 0.2) is 0 Å². The van der Waals surface area contributed by atoms with Gasteiger partial charge in [-0.15, -0.1) is 9.24 Å². The van der Waals surface area contributed by atoms with Crippen molar-refractivity contribution in [1.29, 1.82) is 0 Å². The average Bonchev–Trinajstić information content (AvgIpc) is 2.05. The van der Waals surface area contributed by atoms with Crippen molar-refractivity contribution in [3.63, 3.8) is 0 Å². The molecule has 0 bridgehead atoms. The molecule has 0 heterocycles. The number of rotatable bonds is 4. The molecule has 0 aromatic rings. The van der Waals surface area contributed by atoms with Crippen molar-refractivity contribution in [2.75, 3.05) is 0 Å². The molecule has 0 radical (unpaired) electrons. The Morgan fingerprint density at radius 2 is 1.93 bits per heavy atom. The number of hydrogen-bond donors (Lipinski definition) is 0. The van der Waals surface area contributed by atoms with Crippen LogP contribution >= 0.6 is 9.24 Å². The minimum absolute atomic E-state index is 0.443. The lowest BCUT2D eigenvalue weighted by atomic mass is 9.67. The first-order valence-corrected chi connectivity index (χ1v) is 7.18. The van der Waals surface area contributed by atoms with Gasteiger partial charge < -0.3 is 0 Å². The highest BCUT2D eigenvalue weighted by Gasteiger charge is 2.31. The molecule has 0 amide bonds. The molecule has 1 heteroatoms. The van der Waals surface area contributed by atoms with Gasteiger partial charge in [0.25, 0.3) is 0 Å². The van der Waals surface area contributed by atoms with E-state index in [0.717, 1.165) is 5.92 Å². The first-order chi connectivity index (χ1) is 6.81. The summed E-state index contributed by atoms with van der Waals surface area (Å²) in [6.45, 7) is 9.60. The summed E-state index contributed by atoms with van der Waals surface area (Å²) < 4.78 is 0. The van der Waals surface area contributed by atoms with Crippen LogP contribution in [0.3, 0.4) is 0 Å². The van der Waals surface area contributed by atoms with Gasteiger partial charge in [0.2, 0.25) is 0 Å². The maximum atomic E-state index is 2.97. The predicted octanol–water partition coefficient (Wildman–Crippen LogP) is 5.03. The molecule has 0 saturated heterocycles. The van der Waals surface area contributed by atoms with E-state index in [1.807, 2.05) is 0 Å². The molecule has 1 fully saturated rings. The summed E-state index contributed by atoms with van der Waals surface area (Å²) in [6.07, 6.45) is 10.1. The van der Waals surface area contributed by atoms with E-state index in [2.05, 4.69) is 36.9 Å². The van der Waals surface area contributed by atoms with Gasteiger partial charge in [-0.25, -0.2) is 0 Å². The Hall–Kier alpha value is 0.430. The Balaban J connectivity index is 2.31. The molecule has 0 N–H and O–H groups in total. The fourth-order valence-electron chi connectivity index (χ4n) is 2.91. The van der Waals surface area contributed by atoms with E-state index >= 15 is 0 Å². The van der Waals surface area contributed by atoms with Crippen LogP contribution in [0.25, 0.3) is 0 Å². The standard InChI is InChI=1S/C14H29P/c1-13(2)10-6-5-8-12(13)9-7-11-14(3,4)15/h12H,5-11,15H2,1-4H3. The highest BCUT2D eigenvalue weighted by molar-refractivity contribution is 7.18. The molecule has 0 aromatic heterocycles. The fourth-order valence-corrected chi connectivity index (χ4v) is 3.11. The third-order valence-corrected chi connectivity index (χ3v) is 4.39. The molecular weight excluding hydrogens is 199 g/mol. The van der Waals surface area contributed by atoms with Gasteiger partial charge in [0.15, 0.2) is 0 Å². The van der Waals surface area contributed by atoms with Gasteiger partial charge in [0, 0.05) is 0 Å². The lowest BCUT2D eigenvalue weighted by Gasteiger charge is -2.39. The van der Waals surface area contributed by atoms with Crippen LogP contribution in [-0.2, 0) is 0 Å². The van der Waals surface area contributed by atoms with Crippen LogP contribution in [0, 0.1) is 11.3 Å². The topological polar surface area (TPSA) is 0 Å². The van der Waals surface area contributed by atoms with Crippen LogP contribution in [0.2, 0.25) is 0 Å². The second-order valence-corrected chi connectivity index (χ2v) is 8.38. The minimum atomic E-state index is 0.443. The second kappa shape index (κ2) is 5.17. The van der Waals surface area contributed by atoms with Gasteiger partial charge in [-0.3, -0.25) is 0 Å². The molecule has 2 atom stereocenters. The SMILES string of the molecule is CC(C)(P)CCCC1CCCCC1(C)C. The summed E-state index contributed by atoms with van der Waals surface area (Å²) in [7, 11) is 2.97. The van der Waals surface area contributed by atoms with E-state index < -0.39 is 0 Å². The Bertz CT molecular complexity index is 188. The molecule has 2 unspecified atom stereocenters. The first-order valence-electron chi connectivity index (χ1n) is 6.60. The highest BCUT2D eigenvalue weighted by atomic mass is 31.0. The third kappa shape index (κ3) is 4.85. The van der Waals surface area contributed by atoms with Gasteiger partial charge in [0.1, 0.15) is 0 Å². The van der Waals surface area contributed by atoms with E-state index in [4.69, 9.17) is 0 Å². The van der Waals surface area contributed by atoms with E-state index in [1.54, 1.807) is 0 Å². The molecule has 90 valence electrons. The molecule has 0 nitrogen and oxygen atoms in total. The molecule has 0 aromatic carbocycles. The third-order valence-electron chi connectivity index (χ3n) is 4.10. The fraction of sp³-hybridized carbons (Fsp3) is 1.00. The molecule has 15 heavy (non-hydrogen) atoms. The Labute approximate surface area is 98.8 Å². The number of hydrogen-bond acceptors (Lipinski definition) is 0. The Morgan fingerprint density at radius 1 is 1.27 bits per heavy atom. The lowest BCUT2D eigenvalue weighted by Crippen LogP contribution is -2.28. The normalized spacial score (nSPS) is 26.6. The second-order valence-electron chi connectivity index (χ2n) is 6.81. The smallest absolute Gasteiger partial charge is 0.0207 e. The largest absolute Gasteiger partial charge is 0.132 e. The molecule has 1 aliphatic rings. The lowest BCUT2D eigenvalue weighted by molar-refractivity contribution is 0.126.